The summed E-state index contributed by atoms with van der Waals surface area (Å²) in [7, 11) is 0. The van der Waals surface area contributed by atoms with Gasteiger partial charge in [0.1, 0.15) is 11.5 Å². The number of aromatic hydroxyl groups is 2. The van der Waals surface area contributed by atoms with Gasteiger partial charge in [0, 0.05) is 6.07 Å². The monoisotopic (exact) mass is 270 g/mol. The first-order valence-electron chi connectivity index (χ1n) is 6.24. The molecule has 3 nitrogen and oxygen atoms in total. The number of ketones is 1. The van der Waals surface area contributed by atoms with Gasteiger partial charge in [0.25, 0.3) is 0 Å². The van der Waals surface area contributed by atoms with E-state index in [-0.39, 0.29) is 28.7 Å². The van der Waals surface area contributed by atoms with Gasteiger partial charge >= 0.3 is 0 Å². The highest BCUT2D eigenvalue weighted by atomic mass is 35.5. The number of carbonyl (C=O) groups excluding carboxylic acids is 1. The lowest BCUT2D eigenvalue weighted by Gasteiger charge is -2.08. The molecule has 1 rings (SSSR count). The highest BCUT2D eigenvalue weighted by Gasteiger charge is 2.14. The molecule has 0 aliphatic rings. The van der Waals surface area contributed by atoms with Crippen molar-refractivity contribution in [2.24, 2.45) is 0 Å². The number of halogens is 1. The number of phenols is 2. The second-order valence-corrected chi connectivity index (χ2v) is 4.63. The number of hydrogen-bond acceptors (Lipinski definition) is 3. The summed E-state index contributed by atoms with van der Waals surface area (Å²) in [4.78, 5) is 11.5. The highest BCUT2D eigenvalue weighted by molar-refractivity contribution is 6.30. The second kappa shape index (κ2) is 7.27. The van der Waals surface area contributed by atoms with E-state index < -0.39 is 0 Å². The first-order chi connectivity index (χ1) is 8.60. The van der Waals surface area contributed by atoms with E-state index in [9.17, 15) is 15.0 Å². The van der Waals surface area contributed by atoms with E-state index >= 15 is 0 Å². The predicted molar refractivity (Wildman–Crippen MR) is 72.7 cm³/mol. The fourth-order valence-corrected chi connectivity index (χ4v) is 2.00. The molecule has 0 atom stereocenters. The number of aryl methyl sites for hydroxylation is 1. The highest BCUT2D eigenvalue weighted by Crippen LogP contribution is 2.29. The molecule has 1 aromatic rings. The van der Waals surface area contributed by atoms with E-state index in [1.165, 1.54) is 6.07 Å². The summed E-state index contributed by atoms with van der Waals surface area (Å²) < 4.78 is 0. The Morgan fingerprint density at radius 3 is 2.50 bits per heavy atom. The number of alkyl halides is 1. The van der Waals surface area contributed by atoms with Gasteiger partial charge in [-0.2, -0.15) is 0 Å². The summed E-state index contributed by atoms with van der Waals surface area (Å²) in [6.07, 6.45) is 5.06. The number of hydrogen-bond donors (Lipinski definition) is 2. The van der Waals surface area contributed by atoms with Gasteiger partial charge in [0.05, 0.1) is 11.4 Å². The normalized spacial score (nSPS) is 10.6. The Balaban J connectivity index is 2.81. The second-order valence-electron chi connectivity index (χ2n) is 4.37. The van der Waals surface area contributed by atoms with E-state index in [2.05, 4.69) is 6.92 Å². The molecule has 18 heavy (non-hydrogen) atoms. The van der Waals surface area contributed by atoms with Crippen molar-refractivity contribution in [2.75, 3.05) is 5.88 Å². The first kappa shape index (κ1) is 14.8. The van der Waals surface area contributed by atoms with E-state index in [1.807, 2.05) is 0 Å². The van der Waals surface area contributed by atoms with Crippen molar-refractivity contribution >= 4 is 17.4 Å². The smallest absolute Gasteiger partial charge is 0.181 e. The molecule has 0 bridgehead atoms. The fourth-order valence-electron chi connectivity index (χ4n) is 1.86. The molecule has 2 N–H and O–H groups in total. The Morgan fingerprint density at radius 2 is 1.89 bits per heavy atom. The zero-order chi connectivity index (χ0) is 13.5. The molecule has 0 aliphatic heterocycles. The van der Waals surface area contributed by atoms with Crippen molar-refractivity contribution in [3.05, 3.63) is 23.3 Å². The van der Waals surface area contributed by atoms with Gasteiger partial charge in [0.15, 0.2) is 5.78 Å². The molecular weight excluding hydrogens is 252 g/mol. The van der Waals surface area contributed by atoms with E-state index in [4.69, 9.17) is 11.6 Å². The molecule has 0 amide bonds. The van der Waals surface area contributed by atoms with Crippen LogP contribution in [0.5, 0.6) is 11.5 Å². The van der Waals surface area contributed by atoms with Crippen molar-refractivity contribution in [3.8, 4) is 11.5 Å². The van der Waals surface area contributed by atoms with E-state index in [0.717, 1.165) is 25.7 Å². The van der Waals surface area contributed by atoms with Gasteiger partial charge in [-0.3, -0.25) is 4.79 Å². The van der Waals surface area contributed by atoms with Gasteiger partial charge in [-0.1, -0.05) is 26.2 Å². The largest absolute Gasteiger partial charge is 0.508 e. The molecule has 0 fully saturated rings. The third-order valence-electron chi connectivity index (χ3n) is 2.92. The minimum atomic E-state index is -0.330. The molecular formula is C14H19ClO3. The third kappa shape index (κ3) is 3.91. The lowest BCUT2D eigenvalue weighted by atomic mass is 10.0. The summed E-state index contributed by atoms with van der Waals surface area (Å²) in [6.45, 7) is 2.13. The van der Waals surface area contributed by atoms with Gasteiger partial charge in [-0.25, -0.2) is 0 Å². The number of unbranched alkanes of at least 4 members (excludes halogenated alkanes) is 3. The van der Waals surface area contributed by atoms with Gasteiger partial charge in [-0.15, -0.1) is 11.6 Å². The van der Waals surface area contributed by atoms with Crippen LogP contribution in [0.15, 0.2) is 12.1 Å². The fraction of sp³-hybridized carbons (Fsp3) is 0.500. The SMILES string of the molecule is CCCCCCc1cc(C(=O)CCl)c(O)cc1O. The van der Waals surface area contributed by atoms with Crippen LogP contribution in [-0.4, -0.2) is 21.9 Å². The van der Waals surface area contributed by atoms with Gasteiger partial charge in [-0.05, 0) is 24.5 Å². The molecule has 100 valence electrons. The summed E-state index contributed by atoms with van der Waals surface area (Å²) in [6, 6.07) is 2.76. The number of benzene rings is 1. The average Bonchev–Trinajstić information content (AvgIpc) is 2.36. The molecule has 0 spiro atoms. The Bertz CT molecular complexity index is 416. The van der Waals surface area contributed by atoms with Crippen LogP contribution in [0.4, 0.5) is 0 Å². The Hall–Kier alpha value is -1.22. The maximum atomic E-state index is 11.5. The topological polar surface area (TPSA) is 57.5 Å². The average molecular weight is 271 g/mol. The van der Waals surface area contributed by atoms with Gasteiger partial charge < -0.3 is 10.2 Å². The number of carbonyl (C=O) groups is 1. The van der Waals surface area contributed by atoms with Crippen LogP contribution in [0.25, 0.3) is 0 Å². The molecule has 4 heteroatoms. The summed E-state index contributed by atoms with van der Waals surface area (Å²) in [5.74, 6) is -0.678. The van der Waals surface area contributed by atoms with Crippen LogP contribution >= 0.6 is 11.6 Å². The molecule has 1 aromatic carbocycles. The predicted octanol–water partition coefficient (Wildman–Crippen LogP) is 3.64. The maximum Gasteiger partial charge on any atom is 0.181 e. The molecule has 0 heterocycles. The number of rotatable bonds is 7. The third-order valence-corrected chi connectivity index (χ3v) is 3.16. The van der Waals surface area contributed by atoms with Crippen LogP contribution < -0.4 is 0 Å². The minimum Gasteiger partial charge on any atom is -0.508 e. The van der Waals surface area contributed by atoms with E-state index in [1.54, 1.807) is 6.07 Å². The van der Waals surface area contributed by atoms with Crippen molar-refractivity contribution in [3.63, 3.8) is 0 Å². The van der Waals surface area contributed by atoms with Crippen molar-refractivity contribution in [2.45, 2.75) is 39.0 Å². The van der Waals surface area contributed by atoms with Crippen LogP contribution in [0, 0.1) is 0 Å². The summed E-state index contributed by atoms with van der Waals surface area (Å²) in [5, 5.41) is 19.3. The quantitative estimate of drug-likeness (QED) is 0.452. The van der Waals surface area contributed by atoms with Crippen LogP contribution in [-0.2, 0) is 6.42 Å². The lowest BCUT2D eigenvalue weighted by Crippen LogP contribution is -2.02. The van der Waals surface area contributed by atoms with Crippen molar-refractivity contribution < 1.29 is 15.0 Å². The molecule has 0 saturated carbocycles. The molecule has 0 radical (unpaired) electrons. The Labute approximate surface area is 112 Å². The standard InChI is InChI=1S/C14H19ClO3/c1-2-3-4-5-6-10-7-11(14(18)9-15)13(17)8-12(10)16/h7-8,16-17H,2-6,9H2,1H3. The zero-order valence-corrected chi connectivity index (χ0v) is 11.3. The van der Waals surface area contributed by atoms with E-state index in [0.29, 0.717) is 12.0 Å². The van der Waals surface area contributed by atoms with Crippen molar-refractivity contribution in [1.29, 1.82) is 0 Å². The zero-order valence-electron chi connectivity index (χ0n) is 10.6. The summed E-state index contributed by atoms with van der Waals surface area (Å²) in [5.41, 5.74) is 0.880. The molecule has 0 saturated heterocycles. The van der Waals surface area contributed by atoms with Crippen LogP contribution in [0.3, 0.4) is 0 Å². The van der Waals surface area contributed by atoms with Crippen LogP contribution in [0.2, 0.25) is 0 Å². The van der Waals surface area contributed by atoms with Gasteiger partial charge in [0.2, 0.25) is 0 Å². The van der Waals surface area contributed by atoms with Crippen molar-refractivity contribution in [1.82, 2.24) is 0 Å². The minimum absolute atomic E-state index is 0.0371. The molecule has 0 aromatic heterocycles. The summed E-state index contributed by atoms with van der Waals surface area (Å²) >= 11 is 5.47. The Morgan fingerprint density at radius 1 is 1.17 bits per heavy atom. The van der Waals surface area contributed by atoms with Crippen LogP contribution in [0.1, 0.15) is 48.5 Å². The lowest BCUT2D eigenvalue weighted by molar-refractivity contribution is 0.101. The first-order valence-corrected chi connectivity index (χ1v) is 6.77. The Kier molecular flexibility index (Phi) is 5.99. The molecule has 0 aliphatic carbocycles. The number of Topliss-reactive ketones (excluding diaryl/α,β-unsaturated/α-hetero) is 1. The molecule has 0 unspecified atom stereocenters. The number of phenolic OH excluding ortho intramolecular Hbond substituents is 2. The maximum absolute atomic E-state index is 11.5.